The van der Waals surface area contributed by atoms with Gasteiger partial charge in [-0.05, 0) is 37.0 Å². The number of carboxylic acid groups (broad SMARTS) is 1. The van der Waals surface area contributed by atoms with Crippen LogP contribution in [0.15, 0.2) is 27.4 Å². The highest BCUT2D eigenvalue weighted by atomic mass is 16.5. The monoisotopic (exact) mass is 375 g/mol. The van der Waals surface area contributed by atoms with Crippen molar-refractivity contribution in [1.29, 1.82) is 0 Å². The molecule has 27 heavy (non-hydrogen) atoms. The first-order chi connectivity index (χ1) is 12.8. The molecule has 0 aliphatic carbocycles. The van der Waals surface area contributed by atoms with E-state index < -0.39 is 23.5 Å². The van der Waals surface area contributed by atoms with E-state index in [9.17, 15) is 19.5 Å². The van der Waals surface area contributed by atoms with Gasteiger partial charge < -0.3 is 19.6 Å². The van der Waals surface area contributed by atoms with Gasteiger partial charge in [0.15, 0.2) is 0 Å². The van der Waals surface area contributed by atoms with E-state index in [1.165, 1.54) is 7.11 Å². The molecule has 2 aromatic rings. The zero-order valence-corrected chi connectivity index (χ0v) is 16.0. The van der Waals surface area contributed by atoms with Crippen molar-refractivity contribution < 1.29 is 23.8 Å². The maximum atomic E-state index is 12.3. The zero-order chi connectivity index (χ0) is 20.1. The highest BCUT2D eigenvalue weighted by Gasteiger charge is 2.25. The molecule has 0 radical (unpaired) electrons. The fraction of sp³-hybridized carbons (Fsp3) is 0.450. The molecule has 0 aliphatic rings. The predicted molar refractivity (Wildman–Crippen MR) is 101 cm³/mol. The van der Waals surface area contributed by atoms with Gasteiger partial charge in [-0.25, -0.2) is 9.59 Å². The number of carboxylic acids is 1. The third-order valence-corrected chi connectivity index (χ3v) is 4.89. The molecule has 0 fully saturated rings. The Bertz CT molecular complexity index is 901. The van der Waals surface area contributed by atoms with Crippen molar-refractivity contribution >= 4 is 22.8 Å². The molecule has 0 spiro atoms. The molecule has 146 valence electrons. The number of hydrogen-bond acceptors (Lipinski definition) is 5. The summed E-state index contributed by atoms with van der Waals surface area (Å²) in [5, 5.41) is 12.6. The molecule has 2 atom stereocenters. The van der Waals surface area contributed by atoms with Crippen molar-refractivity contribution in [3.63, 3.8) is 0 Å². The number of methoxy groups -OCH3 is 1. The van der Waals surface area contributed by atoms with E-state index in [0.29, 0.717) is 23.3 Å². The van der Waals surface area contributed by atoms with Crippen LogP contribution >= 0.6 is 0 Å². The third-order valence-electron chi connectivity index (χ3n) is 4.89. The molecule has 0 saturated heterocycles. The molecule has 1 heterocycles. The van der Waals surface area contributed by atoms with Crippen LogP contribution in [-0.2, 0) is 16.0 Å². The quantitative estimate of drug-likeness (QED) is 0.687. The predicted octanol–water partition coefficient (Wildman–Crippen LogP) is 2.66. The summed E-state index contributed by atoms with van der Waals surface area (Å²) in [7, 11) is 1.53. The average Bonchev–Trinajstić information content (AvgIpc) is 2.64. The van der Waals surface area contributed by atoms with Gasteiger partial charge in [0.25, 0.3) is 0 Å². The van der Waals surface area contributed by atoms with Gasteiger partial charge >= 0.3 is 11.6 Å². The first kappa shape index (κ1) is 20.5. The number of aliphatic carboxylic acids is 1. The SMILES string of the molecule is CCC(C)C(NC(=O)CCc1c(C)c2ccc(OC)cc2oc1=O)C(=O)O. The van der Waals surface area contributed by atoms with E-state index in [2.05, 4.69) is 5.32 Å². The van der Waals surface area contributed by atoms with Crippen LogP contribution in [0.4, 0.5) is 0 Å². The van der Waals surface area contributed by atoms with Crippen LogP contribution in [0.2, 0.25) is 0 Å². The van der Waals surface area contributed by atoms with Crippen molar-refractivity contribution in [3.8, 4) is 5.75 Å². The summed E-state index contributed by atoms with van der Waals surface area (Å²) in [5.74, 6) is -1.07. The van der Waals surface area contributed by atoms with Crippen LogP contribution in [-0.4, -0.2) is 30.1 Å². The Hall–Kier alpha value is -2.83. The fourth-order valence-corrected chi connectivity index (χ4v) is 2.96. The normalized spacial score (nSPS) is 13.2. The molecule has 1 amide bonds. The van der Waals surface area contributed by atoms with Crippen LogP contribution < -0.4 is 15.7 Å². The first-order valence-electron chi connectivity index (χ1n) is 8.91. The molecular formula is C20H25NO6. The minimum Gasteiger partial charge on any atom is -0.497 e. The van der Waals surface area contributed by atoms with Gasteiger partial charge in [0.2, 0.25) is 5.91 Å². The number of carbonyl (C=O) groups is 2. The van der Waals surface area contributed by atoms with Crippen LogP contribution in [0.1, 0.15) is 37.8 Å². The highest BCUT2D eigenvalue weighted by Crippen LogP contribution is 2.24. The van der Waals surface area contributed by atoms with Gasteiger partial charge in [-0.1, -0.05) is 20.3 Å². The Labute approximate surface area is 157 Å². The largest absolute Gasteiger partial charge is 0.497 e. The first-order valence-corrected chi connectivity index (χ1v) is 8.91. The number of ether oxygens (including phenoxy) is 1. The van der Waals surface area contributed by atoms with Crippen LogP contribution in [0, 0.1) is 12.8 Å². The Morgan fingerprint density at radius 3 is 2.63 bits per heavy atom. The summed E-state index contributed by atoms with van der Waals surface area (Å²) in [6, 6.07) is 4.28. The molecule has 2 N–H and O–H groups in total. The zero-order valence-electron chi connectivity index (χ0n) is 16.0. The molecule has 0 bridgehead atoms. The summed E-state index contributed by atoms with van der Waals surface area (Å²) in [6.45, 7) is 5.44. The highest BCUT2D eigenvalue weighted by molar-refractivity contribution is 5.85. The number of amides is 1. The number of fused-ring (bicyclic) bond motifs is 1. The number of rotatable bonds is 8. The number of nitrogens with one attached hydrogen (secondary N) is 1. The Morgan fingerprint density at radius 2 is 2.04 bits per heavy atom. The molecule has 0 aliphatic heterocycles. The lowest BCUT2D eigenvalue weighted by Gasteiger charge is -2.20. The fourth-order valence-electron chi connectivity index (χ4n) is 2.96. The minimum absolute atomic E-state index is 0.00742. The van der Waals surface area contributed by atoms with Crippen LogP contribution in [0.25, 0.3) is 11.0 Å². The molecule has 2 unspecified atom stereocenters. The van der Waals surface area contributed by atoms with Crippen molar-refractivity contribution in [3.05, 3.63) is 39.7 Å². The van der Waals surface area contributed by atoms with E-state index >= 15 is 0 Å². The Morgan fingerprint density at radius 1 is 1.33 bits per heavy atom. The second-order valence-corrected chi connectivity index (χ2v) is 6.62. The van der Waals surface area contributed by atoms with E-state index in [4.69, 9.17) is 9.15 Å². The molecule has 1 aromatic heterocycles. The second-order valence-electron chi connectivity index (χ2n) is 6.62. The number of benzene rings is 1. The van der Waals surface area contributed by atoms with E-state index in [0.717, 1.165) is 10.9 Å². The minimum atomic E-state index is -1.06. The standard InChI is InChI=1S/C20H25NO6/c1-5-11(2)18(19(23)24)21-17(22)9-8-15-12(3)14-7-6-13(26-4)10-16(14)27-20(15)25/h6-7,10-11,18H,5,8-9H2,1-4H3,(H,21,22)(H,23,24). The van der Waals surface area contributed by atoms with Gasteiger partial charge in [0, 0.05) is 23.4 Å². The van der Waals surface area contributed by atoms with Crippen molar-refractivity contribution in [1.82, 2.24) is 5.32 Å². The van der Waals surface area contributed by atoms with Gasteiger partial charge in [-0.3, -0.25) is 4.79 Å². The Kier molecular flexibility index (Phi) is 6.60. The third kappa shape index (κ3) is 4.67. The summed E-state index contributed by atoms with van der Waals surface area (Å²) in [6.07, 6.45) is 0.816. The number of aryl methyl sites for hydroxylation is 1. The molecule has 7 heteroatoms. The van der Waals surface area contributed by atoms with Crippen LogP contribution in [0.5, 0.6) is 5.75 Å². The smallest absolute Gasteiger partial charge is 0.339 e. The lowest BCUT2D eigenvalue weighted by Crippen LogP contribution is -2.45. The van der Waals surface area contributed by atoms with Crippen LogP contribution in [0.3, 0.4) is 0 Å². The summed E-state index contributed by atoms with van der Waals surface area (Å²) in [5.41, 5.74) is 1.08. The second kappa shape index (κ2) is 8.70. The molecule has 0 saturated carbocycles. The van der Waals surface area contributed by atoms with E-state index in [-0.39, 0.29) is 18.8 Å². The topological polar surface area (TPSA) is 106 Å². The average molecular weight is 375 g/mol. The Balaban J connectivity index is 2.18. The van der Waals surface area contributed by atoms with Crippen molar-refractivity contribution in [2.45, 2.75) is 46.1 Å². The molecular weight excluding hydrogens is 350 g/mol. The van der Waals surface area contributed by atoms with Gasteiger partial charge in [-0.2, -0.15) is 0 Å². The lowest BCUT2D eigenvalue weighted by molar-refractivity contribution is -0.143. The summed E-state index contributed by atoms with van der Waals surface area (Å²) in [4.78, 5) is 35.8. The van der Waals surface area contributed by atoms with E-state index in [1.807, 2.05) is 6.92 Å². The lowest BCUT2D eigenvalue weighted by atomic mass is 9.98. The van der Waals surface area contributed by atoms with Crippen molar-refractivity contribution in [2.75, 3.05) is 7.11 Å². The van der Waals surface area contributed by atoms with Crippen molar-refractivity contribution in [2.24, 2.45) is 5.92 Å². The van der Waals surface area contributed by atoms with E-state index in [1.54, 1.807) is 32.0 Å². The number of hydrogen-bond donors (Lipinski definition) is 2. The molecule has 1 aromatic carbocycles. The maximum Gasteiger partial charge on any atom is 0.339 e. The summed E-state index contributed by atoms with van der Waals surface area (Å²) >= 11 is 0. The summed E-state index contributed by atoms with van der Waals surface area (Å²) < 4.78 is 10.5. The molecule has 2 rings (SSSR count). The van der Waals surface area contributed by atoms with Gasteiger partial charge in [0.1, 0.15) is 17.4 Å². The van der Waals surface area contributed by atoms with Gasteiger partial charge in [-0.15, -0.1) is 0 Å². The molecule has 7 nitrogen and oxygen atoms in total. The van der Waals surface area contributed by atoms with Gasteiger partial charge in [0.05, 0.1) is 7.11 Å². The number of carbonyl (C=O) groups excluding carboxylic acids is 1. The maximum absolute atomic E-state index is 12.3.